The number of rotatable bonds is 8. The molecule has 31 heavy (non-hydrogen) atoms. The van der Waals surface area contributed by atoms with Gasteiger partial charge in [-0.3, -0.25) is 14.4 Å². The summed E-state index contributed by atoms with van der Waals surface area (Å²) in [5.74, 6) is -0.619. The number of amides is 2. The summed E-state index contributed by atoms with van der Waals surface area (Å²) in [5.41, 5.74) is 1.86. The Hall–Kier alpha value is -3.26. The standard InChI is InChI=1S/C23H25N3O4S/c1-5-13(2)20(27)22(29)24-12-18-15(4)30-23(26-18)16-7-6-8-17(11-16)25-21(28)19-10-9-14(3)31-19/h6-11,13H,5,12H2,1-4H3,(H,24,29)(H,25,28). The summed E-state index contributed by atoms with van der Waals surface area (Å²) in [6.07, 6.45) is 0.609. The number of ketones is 1. The fraction of sp³-hybridized carbons (Fsp3) is 0.304. The van der Waals surface area contributed by atoms with Gasteiger partial charge in [0.15, 0.2) is 0 Å². The Morgan fingerprint density at radius 3 is 2.61 bits per heavy atom. The lowest BCUT2D eigenvalue weighted by Gasteiger charge is -2.07. The van der Waals surface area contributed by atoms with Crippen molar-refractivity contribution in [3.8, 4) is 11.5 Å². The summed E-state index contributed by atoms with van der Waals surface area (Å²) >= 11 is 1.43. The van der Waals surface area contributed by atoms with Crippen LogP contribution >= 0.6 is 11.3 Å². The van der Waals surface area contributed by atoms with Crippen molar-refractivity contribution in [2.24, 2.45) is 5.92 Å². The molecule has 2 aromatic heterocycles. The molecule has 3 aromatic rings. The number of thiophene rings is 1. The predicted octanol–water partition coefficient (Wildman–Crippen LogP) is 4.50. The molecule has 7 nitrogen and oxygen atoms in total. The van der Waals surface area contributed by atoms with Gasteiger partial charge in [-0.1, -0.05) is 19.9 Å². The van der Waals surface area contributed by atoms with Gasteiger partial charge in [-0.2, -0.15) is 0 Å². The molecule has 2 amide bonds. The Kier molecular flexibility index (Phi) is 7.02. The van der Waals surface area contributed by atoms with Crippen LogP contribution in [-0.2, 0) is 16.1 Å². The molecule has 0 fully saturated rings. The first-order chi connectivity index (χ1) is 14.8. The lowest BCUT2D eigenvalue weighted by atomic mass is 10.0. The monoisotopic (exact) mass is 439 g/mol. The van der Waals surface area contributed by atoms with Crippen molar-refractivity contribution in [3.05, 3.63) is 57.6 Å². The first-order valence-electron chi connectivity index (χ1n) is 10.0. The number of hydrogen-bond donors (Lipinski definition) is 2. The largest absolute Gasteiger partial charge is 0.441 e. The van der Waals surface area contributed by atoms with Gasteiger partial charge in [-0.25, -0.2) is 4.98 Å². The third kappa shape index (κ3) is 5.46. The van der Waals surface area contributed by atoms with Crippen LogP contribution in [-0.4, -0.2) is 22.6 Å². The molecule has 0 aliphatic rings. The SMILES string of the molecule is CCC(C)C(=O)C(=O)NCc1nc(-c2cccc(NC(=O)c3ccc(C)s3)c2)oc1C. The Bertz CT molecular complexity index is 1120. The summed E-state index contributed by atoms with van der Waals surface area (Å²) < 4.78 is 5.75. The minimum absolute atomic E-state index is 0.102. The van der Waals surface area contributed by atoms with E-state index in [2.05, 4.69) is 15.6 Å². The van der Waals surface area contributed by atoms with E-state index < -0.39 is 11.7 Å². The van der Waals surface area contributed by atoms with Gasteiger partial charge in [0.25, 0.3) is 11.8 Å². The second kappa shape index (κ2) is 9.70. The molecule has 1 unspecified atom stereocenters. The van der Waals surface area contributed by atoms with Gasteiger partial charge in [0.2, 0.25) is 11.7 Å². The summed E-state index contributed by atoms with van der Waals surface area (Å²) in [4.78, 5) is 42.5. The van der Waals surface area contributed by atoms with Gasteiger partial charge >= 0.3 is 0 Å². The number of Topliss-reactive ketones (excluding diaryl/α,β-unsaturated/α-hetero) is 1. The first kappa shape index (κ1) is 22.4. The average Bonchev–Trinajstić information content (AvgIpc) is 3.36. The van der Waals surface area contributed by atoms with Gasteiger partial charge in [-0.05, 0) is 50.6 Å². The summed E-state index contributed by atoms with van der Waals surface area (Å²) in [6.45, 7) is 7.39. The third-order valence-corrected chi connectivity index (χ3v) is 5.92. The van der Waals surface area contributed by atoms with E-state index in [9.17, 15) is 14.4 Å². The molecule has 1 atom stereocenters. The highest BCUT2D eigenvalue weighted by Gasteiger charge is 2.20. The zero-order valence-electron chi connectivity index (χ0n) is 17.9. The third-order valence-electron chi connectivity index (χ3n) is 4.92. The molecule has 1 aromatic carbocycles. The van der Waals surface area contributed by atoms with Gasteiger partial charge in [0.05, 0.1) is 11.4 Å². The molecule has 8 heteroatoms. The van der Waals surface area contributed by atoms with E-state index >= 15 is 0 Å². The second-order valence-corrected chi connectivity index (χ2v) is 8.61. The number of carbonyl (C=O) groups excluding carboxylic acids is 3. The van der Waals surface area contributed by atoms with Crippen LogP contribution in [0.1, 0.15) is 46.3 Å². The van der Waals surface area contributed by atoms with Crippen LogP contribution in [0.25, 0.3) is 11.5 Å². The van der Waals surface area contributed by atoms with Crippen LogP contribution in [0.4, 0.5) is 5.69 Å². The number of anilines is 1. The van der Waals surface area contributed by atoms with E-state index in [1.165, 1.54) is 11.3 Å². The molecule has 0 bridgehead atoms. The number of oxazole rings is 1. The quantitative estimate of drug-likeness (QED) is 0.503. The van der Waals surface area contributed by atoms with Gasteiger partial charge in [0, 0.05) is 22.0 Å². The second-order valence-electron chi connectivity index (χ2n) is 7.32. The number of benzene rings is 1. The highest BCUT2D eigenvalue weighted by molar-refractivity contribution is 7.14. The number of aryl methyl sites for hydroxylation is 2. The van der Waals surface area contributed by atoms with E-state index in [1.807, 2.05) is 26.0 Å². The van der Waals surface area contributed by atoms with Crippen LogP contribution < -0.4 is 10.6 Å². The first-order valence-corrected chi connectivity index (χ1v) is 10.9. The molecule has 0 radical (unpaired) electrons. The van der Waals surface area contributed by atoms with Crippen molar-refractivity contribution < 1.29 is 18.8 Å². The Labute approximate surface area is 184 Å². The normalized spacial score (nSPS) is 11.7. The zero-order chi connectivity index (χ0) is 22.5. The van der Waals surface area contributed by atoms with Crippen molar-refractivity contribution in [1.82, 2.24) is 10.3 Å². The molecule has 0 spiro atoms. The molecule has 162 valence electrons. The van der Waals surface area contributed by atoms with E-state index in [4.69, 9.17) is 4.42 Å². The minimum atomic E-state index is -0.619. The highest BCUT2D eigenvalue weighted by Crippen LogP contribution is 2.25. The smallest absolute Gasteiger partial charge is 0.287 e. The van der Waals surface area contributed by atoms with Crippen LogP contribution in [0.3, 0.4) is 0 Å². The fourth-order valence-electron chi connectivity index (χ4n) is 2.86. The predicted molar refractivity (Wildman–Crippen MR) is 120 cm³/mol. The maximum atomic E-state index is 12.4. The number of nitrogens with zero attached hydrogens (tertiary/aromatic N) is 1. The molecule has 0 aliphatic carbocycles. The Morgan fingerprint density at radius 2 is 1.94 bits per heavy atom. The lowest BCUT2D eigenvalue weighted by Crippen LogP contribution is -2.34. The summed E-state index contributed by atoms with van der Waals surface area (Å²) in [7, 11) is 0. The van der Waals surface area contributed by atoms with E-state index in [0.717, 1.165) is 4.88 Å². The van der Waals surface area contributed by atoms with E-state index in [0.29, 0.717) is 39.9 Å². The maximum Gasteiger partial charge on any atom is 0.287 e. The van der Waals surface area contributed by atoms with Crippen molar-refractivity contribution >= 4 is 34.6 Å². The topological polar surface area (TPSA) is 101 Å². The zero-order valence-corrected chi connectivity index (χ0v) is 18.8. The molecule has 3 rings (SSSR count). The van der Waals surface area contributed by atoms with Crippen molar-refractivity contribution in [2.45, 2.75) is 40.7 Å². The molecule has 0 aliphatic heterocycles. The average molecular weight is 440 g/mol. The number of hydrogen-bond acceptors (Lipinski definition) is 6. The fourth-order valence-corrected chi connectivity index (χ4v) is 3.62. The van der Waals surface area contributed by atoms with Gasteiger partial charge in [0.1, 0.15) is 11.5 Å². The lowest BCUT2D eigenvalue weighted by molar-refractivity contribution is -0.140. The number of nitrogens with one attached hydrogen (secondary N) is 2. The van der Waals surface area contributed by atoms with Crippen molar-refractivity contribution in [2.75, 3.05) is 5.32 Å². The highest BCUT2D eigenvalue weighted by atomic mass is 32.1. The molecule has 0 saturated heterocycles. The van der Waals surface area contributed by atoms with Crippen molar-refractivity contribution in [1.29, 1.82) is 0 Å². The molecular formula is C23H25N3O4S. The number of aromatic nitrogens is 1. The number of carbonyl (C=O) groups is 3. The van der Waals surface area contributed by atoms with E-state index in [-0.39, 0.29) is 18.4 Å². The summed E-state index contributed by atoms with van der Waals surface area (Å²) in [6, 6.07) is 10.9. The van der Waals surface area contributed by atoms with E-state index in [1.54, 1.807) is 38.1 Å². The molecule has 0 saturated carbocycles. The molecular weight excluding hydrogens is 414 g/mol. The van der Waals surface area contributed by atoms with Crippen LogP contribution in [0, 0.1) is 19.8 Å². The van der Waals surface area contributed by atoms with Crippen LogP contribution in [0.5, 0.6) is 0 Å². The summed E-state index contributed by atoms with van der Waals surface area (Å²) in [5, 5.41) is 5.49. The van der Waals surface area contributed by atoms with Gasteiger partial charge in [-0.15, -0.1) is 11.3 Å². The Morgan fingerprint density at radius 1 is 1.16 bits per heavy atom. The van der Waals surface area contributed by atoms with Crippen molar-refractivity contribution in [3.63, 3.8) is 0 Å². The molecule has 2 heterocycles. The minimum Gasteiger partial charge on any atom is -0.441 e. The van der Waals surface area contributed by atoms with Crippen LogP contribution in [0.15, 0.2) is 40.8 Å². The molecule has 2 N–H and O–H groups in total. The van der Waals surface area contributed by atoms with Crippen LogP contribution in [0.2, 0.25) is 0 Å². The maximum absolute atomic E-state index is 12.4. The Balaban J connectivity index is 1.70. The van der Waals surface area contributed by atoms with Gasteiger partial charge < -0.3 is 15.1 Å².